The molecule has 1 atom stereocenters. The van der Waals surface area contributed by atoms with E-state index in [1.54, 1.807) is 12.1 Å². The second-order valence-corrected chi connectivity index (χ2v) is 11.0. The maximum absolute atomic E-state index is 13.2. The van der Waals surface area contributed by atoms with Gasteiger partial charge in [0.25, 0.3) is 0 Å². The number of hydrogen-bond donors (Lipinski definition) is 1. The number of hydrogen-bond acceptors (Lipinski definition) is 7. The third-order valence-corrected chi connectivity index (χ3v) is 7.41. The average Bonchev–Trinajstić information content (AvgIpc) is 2.74. The first kappa shape index (κ1) is 24.6. The van der Waals surface area contributed by atoms with E-state index in [-0.39, 0.29) is 15.8 Å². The molecule has 0 spiro atoms. The Kier molecular flexibility index (Phi) is 8.24. The quantitative estimate of drug-likeness (QED) is 0.511. The van der Waals surface area contributed by atoms with Crippen molar-refractivity contribution in [1.29, 1.82) is 0 Å². The molecule has 172 valence electrons. The molecule has 0 saturated heterocycles. The SMILES string of the molecule is CON=C1CCC(CC(C(=O)Nc2cnc(Br)cn2)c2ccc(S(C)(=O)=O)c(Cl)c2)CC1. The van der Waals surface area contributed by atoms with Gasteiger partial charge in [-0.25, -0.2) is 18.4 Å². The molecule has 1 N–H and O–H groups in total. The molecule has 11 heteroatoms. The number of aromatic nitrogens is 2. The normalized spacial score (nSPS) is 17.5. The summed E-state index contributed by atoms with van der Waals surface area (Å²) in [6, 6.07) is 4.67. The fourth-order valence-corrected chi connectivity index (χ4v) is 5.36. The third-order valence-electron chi connectivity index (χ3n) is 5.42. The Morgan fingerprint density at radius 2 is 2.03 bits per heavy atom. The fraction of sp³-hybridized carbons (Fsp3) is 0.429. The van der Waals surface area contributed by atoms with E-state index in [1.165, 1.54) is 25.6 Å². The molecule has 1 aromatic carbocycles. The van der Waals surface area contributed by atoms with Gasteiger partial charge in [0.1, 0.15) is 11.7 Å². The van der Waals surface area contributed by atoms with E-state index < -0.39 is 15.8 Å². The predicted molar refractivity (Wildman–Crippen MR) is 127 cm³/mol. The molecule has 0 radical (unpaired) electrons. The van der Waals surface area contributed by atoms with Crippen LogP contribution in [-0.4, -0.2) is 43.4 Å². The molecule has 32 heavy (non-hydrogen) atoms. The smallest absolute Gasteiger partial charge is 0.233 e. The molecule has 1 saturated carbocycles. The van der Waals surface area contributed by atoms with Gasteiger partial charge in [-0.05, 0) is 71.6 Å². The number of anilines is 1. The van der Waals surface area contributed by atoms with Gasteiger partial charge in [-0.3, -0.25) is 4.79 Å². The molecule has 8 nitrogen and oxygen atoms in total. The Morgan fingerprint density at radius 3 is 2.59 bits per heavy atom. The van der Waals surface area contributed by atoms with Crippen molar-refractivity contribution in [3.05, 3.63) is 45.8 Å². The van der Waals surface area contributed by atoms with Crippen molar-refractivity contribution >= 4 is 54.8 Å². The number of halogens is 2. The second kappa shape index (κ2) is 10.7. The molecule has 1 aliphatic carbocycles. The highest BCUT2D eigenvalue weighted by Crippen LogP contribution is 2.35. The number of oxime groups is 1. The molecule has 2 aromatic rings. The molecule has 1 aliphatic rings. The van der Waals surface area contributed by atoms with Gasteiger partial charge >= 0.3 is 0 Å². The number of sulfone groups is 1. The van der Waals surface area contributed by atoms with E-state index in [2.05, 4.69) is 36.4 Å². The van der Waals surface area contributed by atoms with E-state index in [4.69, 9.17) is 16.4 Å². The Hall–Kier alpha value is -2.04. The van der Waals surface area contributed by atoms with E-state index in [0.29, 0.717) is 28.3 Å². The second-order valence-electron chi connectivity index (χ2n) is 7.75. The maximum Gasteiger partial charge on any atom is 0.233 e. The minimum atomic E-state index is -3.47. The number of nitrogens with zero attached hydrogens (tertiary/aromatic N) is 3. The lowest BCUT2D eigenvalue weighted by Crippen LogP contribution is -2.26. The van der Waals surface area contributed by atoms with Gasteiger partial charge in [0.15, 0.2) is 15.7 Å². The standard InChI is InChI=1S/C21H24BrClN4O4S/c1-31-27-15-6-3-13(4-7-15)9-16(21(28)26-20-12-24-19(22)11-25-20)14-5-8-18(17(23)10-14)32(2,29)30/h5,8,10-13,16H,3-4,6-7,9H2,1-2H3,(H,25,26,28). The minimum absolute atomic E-state index is 0.0407. The minimum Gasteiger partial charge on any atom is -0.399 e. The Balaban J connectivity index is 1.85. The summed E-state index contributed by atoms with van der Waals surface area (Å²) in [5, 5.41) is 6.96. The van der Waals surface area contributed by atoms with Gasteiger partial charge in [0.2, 0.25) is 5.91 Å². The molecule has 1 amide bonds. The van der Waals surface area contributed by atoms with Gasteiger partial charge in [-0.15, -0.1) is 0 Å². The van der Waals surface area contributed by atoms with Crippen LogP contribution in [0, 0.1) is 5.92 Å². The molecule has 1 fully saturated rings. The van der Waals surface area contributed by atoms with Crippen molar-refractivity contribution < 1.29 is 18.0 Å². The number of nitrogens with one attached hydrogen (secondary N) is 1. The lowest BCUT2D eigenvalue weighted by Gasteiger charge is -2.27. The van der Waals surface area contributed by atoms with Crippen molar-refractivity contribution in [2.24, 2.45) is 11.1 Å². The van der Waals surface area contributed by atoms with Crippen molar-refractivity contribution in [3.63, 3.8) is 0 Å². The van der Waals surface area contributed by atoms with Crippen LogP contribution >= 0.6 is 27.5 Å². The number of rotatable bonds is 7. The molecule has 1 aromatic heterocycles. The first-order chi connectivity index (χ1) is 15.2. The van der Waals surface area contributed by atoms with Gasteiger partial charge < -0.3 is 10.2 Å². The highest BCUT2D eigenvalue weighted by atomic mass is 79.9. The van der Waals surface area contributed by atoms with E-state index in [9.17, 15) is 13.2 Å². The van der Waals surface area contributed by atoms with Crippen molar-refractivity contribution in [2.45, 2.75) is 42.9 Å². The van der Waals surface area contributed by atoms with Crippen LogP contribution in [0.1, 0.15) is 43.6 Å². The molecular weight excluding hydrogens is 520 g/mol. The number of amides is 1. The summed E-state index contributed by atoms with van der Waals surface area (Å²) in [7, 11) is -1.93. The van der Waals surface area contributed by atoms with Crippen LogP contribution in [0.5, 0.6) is 0 Å². The number of carbonyl (C=O) groups excluding carboxylic acids is 1. The van der Waals surface area contributed by atoms with Crippen LogP contribution < -0.4 is 5.32 Å². The van der Waals surface area contributed by atoms with E-state index >= 15 is 0 Å². The van der Waals surface area contributed by atoms with Gasteiger partial charge in [0.05, 0.1) is 33.9 Å². The zero-order chi connectivity index (χ0) is 23.3. The molecule has 1 unspecified atom stereocenters. The summed E-state index contributed by atoms with van der Waals surface area (Å²) in [5.41, 5.74) is 1.68. The number of benzene rings is 1. The highest BCUT2D eigenvalue weighted by Gasteiger charge is 2.28. The monoisotopic (exact) mass is 542 g/mol. The van der Waals surface area contributed by atoms with Crippen molar-refractivity contribution in [1.82, 2.24) is 9.97 Å². The topological polar surface area (TPSA) is 111 Å². The number of carbonyl (C=O) groups is 1. The molecule has 0 bridgehead atoms. The van der Waals surface area contributed by atoms with Crippen molar-refractivity contribution in [3.8, 4) is 0 Å². The predicted octanol–water partition coefficient (Wildman–Crippen LogP) is 4.60. The lowest BCUT2D eigenvalue weighted by molar-refractivity contribution is -0.118. The Morgan fingerprint density at radius 1 is 1.31 bits per heavy atom. The lowest BCUT2D eigenvalue weighted by atomic mass is 9.79. The first-order valence-electron chi connectivity index (χ1n) is 10.0. The fourth-order valence-electron chi connectivity index (χ4n) is 3.82. The summed E-state index contributed by atoms with van der Waals surface area (Å²) >= 11 is 9.49. The summed E-state index contributed by atoms with van der Waals surface area (Å²) < 4.78 is 24.4. The average molecular weight is 544 g/mol. The van der Waals surface area contributed by atoms with Crippen LogP contribution in [0.4, 0.5) is 5.82 Å². The van der Waals surface area contributed by atoms with E-state index in [0.717, 1.165) is 37.7 Å². The molecule has 3 rings (SSSR count). The Bertz CT molecular complexity index is 1100. The van der Waals surface area contributed by atoms with Crippen molar-refractivity contribution in [2.75, 3.05) is 18.7 Å². The van der Waals surface area contributed by atoms with E-state index in [1.807, 2.05) is 0 Å². The van der Waals surface area contributed by atoms with Crippen LogP contribution in [0.25, 0.3) is 0 Å². The highest BCUT2D eigenvalue weighted by molar-refractivity contribution is 9.10. The zero-order valence-corrected chi connectivity index (χ0v) is 20.9. The summed E-state index contributed by atoms with van der Waals surface area (Å²) in [6.45, 7) is 0. The largest absolute Gasteiger partial charge is 0.399 e. The molecule has 1 heterocycles. The van der Waals surface area contributed by atoms with Crippen LogP contribution in [0.15, 0.2) is 45.2 Å². The van der Waals surface area contributed by atoms with Crippen LogP contribution in [0.2, 0.25) is 5.02 Å². The van der Waals surface area contributed by atoms with Crippen LogP contribution in [-0.2, 0) is 19.5 Å². The zero-order valence-electron chi connectivity index (χ0n) is 17.7. The summed E-state index contributed by atoms with van der Waals surface area (Å²) in [4.78, 5) is 26.4. The third kappa shape index (κ3) is 6.49. The summed E-state index contributed by atoms with van der Waals surface area (Å²) in [6.07, 6.45) is 8.07. The van der Waals surface area contributed by atoms with Gasteiger partial charge in [-0.2, -0.15) is 0 Å². The van der Waals surface area contributed by atoms with Gasteiger partial charge in [0, 0.05) is 6.26 Å². The molecule has 0 aliphatic heterocycles. The van der Waals surface area contributed by atoms with Gasteiger partial charge in [-0.1, -0.05) is 22.8 Å². The Labute approximate surface area is 200 Å². The molecular formula is C21H24BrClN4O4S. The van der Waals surface area contributed by atoms with Crippen LogP contribution in [0.3, 0.4) is 0 Å². The first-order valence-corrected chi connectivity index (χ1v) is 13.1. The summed E-state index contributed by atoms with van der Waals surface area (Å²) in [5.74, 6) is -0.148. The maximum atomic E-state index is 13.2.